The molecule has 8 heteroatoms. The van der Waals surface area contributed by atoms with E-state index < -0.39 is 7.12 Å². The van der Waals surface area contributed by atoms with Crippen molar-refractivity contribution in [3.63, 3.8) is 0 Å². The molecule has 3 aromatic rings. The van der Waals surface area contributed by atoms with Crippen molar-refractivity contribution >= 4 is 7.12 Å². The molecule has 3 heterocycles. The van der Waals surface area contributed by atoms with Crippen molar-refractivity contribution in [2.45, 2.75) is 0 Å². The zero-order valence-corrected chi connectivity index (χ0v) is 14.1. The van der Waals surface area contributed by atoms with Gasteiger partial charge >= 0.3 is 7.12 Å². The fraction of sp³-hybridized carbons (Fsp3) is 0. The van der Waals surface area contributed by atoms with Crippen LogP contribution in [0, 0.1) is 0 Å². The first-order chi connectivity index (χ1) is 9.95. The number of aromatic nitrogens is 6. The molecule has 0 unspecified atom stereocenters. The Balaban J connectivity index is 0.000000741. The summed E-state index contributed by atoms with van der Waals surface area (Å²) in [4.78, 5) is 0. The van der Waals surface area contributed by atoms with E-state index in [-0.39, 0.29) is 20.1 Å². The largest absolute Gasteiger partial charge is 0.403 e. The third-order valence-electron chi connectivity index (χ3n) is 2.55. The van der Waals surface area contributed by atoms with Gasteiger partial charge in [0.15, 0.2) is 0 Å². The van der Waals surface area contributed by atoms with E-state index in [0.29, 0.717) is 0 Å². The van der Waals surface area contributed by atoms with Gasteiger partial charge in [0.1, 0.15) is 0 Å². The van der Waals surface area contributed by atoms with Crippen molar-refractivity contribution in [2.24, 2.45) is 0 Å². The van der Waals surface area contributed by atoms with Crippen molar-refractivity contribution in [1.82, 2.24) is 29.1 Å². The summed E-state index contributed by atoms with van der Waals surface area (Å²) in [5, 5.41) is 12.8. The molecule has 0 saturated heterocycles. The van der Waals surface area contributed by atoms with Gasteiger partial charge in [0.2, 0.25) is 0 Å². The molecule has 0 aliphatic heterocycles. The van der Waals surface area contributed by atoms with E-state index in [9.17, 15) is 0 Å². The normalized spacial score (nSPS) is 8.81. The van der Waals surface area contributed by atoms with Gasteiger partial charge < -0.3 is 13.8 Å². The van der Waals surface area contributed by atoms with Crippen LogP contribution in [0.4, 0.5) is 0 Å². The Morgan fingerprint density at radius 3 is 1.10 bits per heavy atom. The molecular weight excluding hydrogens is 443 g/mol. The van der Waals surface area contributed by atoms with Crippen LogP contribution in [0.3, 0.4) is 0 Å². The van der Waals surface area contributed by atoms with Crippen molar-refractivity contribution < 1.29 is 20.1 Å². The van der Waals surface area contributed by atoms with Gasteiger partial charge in [-0.05, 0) is 36.8 Å². The van der Waals surface area contributed by atoms with Crippen LogP contribution in [0.2, 0.25) is 0 Å². The average Bonchev–Trinajstić information content (AvgIpc) is 3.28. The second kappa shape index (κ2) is 10.6. The summed E-state index contributed by atoms with van der Waals surface area (Å²) < 4.78 is 5.62. The number of nitrogens with zero attached hydrogens (tertiary/aromatic N) is 6. The molecule has 0 saturated carbocycles. The minimum absolute atomic E-state index is 0. The van der Waals surface area contributed by atoms with Crippen molar-refractivity contribution in [1.29, 1.82) is 0 Å². The van der Waals surface area contributed by atoms with E-state index in [1.165, 1.54) is 0 Å². The maximum absolute atomic E-state index is 4.26. The molecule has 0 amide bonds. The third-order valence-corrected chi connectivity index (χ3v) is 2.55. The van der Waals surface area contributed by atoms with Crippen LogP contribution >= 0.6 is 0 Å². The first-order valence-electron chi connectivity index (χ1n) is 6.10. The molecule has 0 N–H and O–H groups in total. The van der Waals surface area contributed by atoms with Gasteiger partial charge in [-0.3, -0.25) is 0 Å². The maximum Gasteiger partial charge on any atom is 0.325 e. The predicted molar refractivity (Wildman–Crippen MR) is 82.5 cm³/mol. The first-order valence-corrected chi connectivity index (χ1v) is 6.10. The molecule has 1 radical (unpaired) electrons. The van der Waals surface area contributed by atoms with Crippen molar-refractivity contribution in [2.75, 3.05) is 0 Å². The minimum atomic E-state index is -1.12. The van der Waals surface area contributed by atoms with Crippen LogP contribution in [0.15, 0.2) is 81.7 Å². The molecule has 3 aromatic heterocycles. The number of rotatable bonds is 3. The Morgan fingerprint density at radius 2 is 0.905 bits per heavy atom. The zero-order chi connectivity index (χ0) is 14.8. The van der Waals surface area contributed by atoms with Crippen LogP contribution in [-0.4, -0.2) is 36.2 Å². The molecule has 0 aliphatic rings. The molecule has 21 heavy (non-hydrogen) atoms. The van der Waals surface area contributed by atoms with Crippen molar-refractivity contribution in [3.05, 3.63) is 81.7 Å². The van der Waals surface area contributed by atoms with Gasteiger partial charge in [-0.25, -0.2) is 15.3 Å². The Kier molecular flexibility index (Phi) is 9.50. The van der Waals surface area contributed by atoms with Gasteiger partial charge in [0, 0.05) is 38.7 Å². The topological polar surface area (TPSA) is 53.5 Å². The number of hydrogen-bond donors (Lipinski definition) is 0. The van der Waals surface area contributed by atoms with E-state index >= 15 is 0 Å². The summed E-state index contributed by atoms with van der Waals surface area (Å²) in [6.07, 6.45) is 11.0. The molecule has 0 spiro atoms. The molecule has 0 fully saturated rings. The Labute approximate surface area is 138 Å². The van der Waals surface area contributed by atoms with E-state index in [2.05, 4.69) is 41.6 Å². The third kappa shape index (κ3) is 4.70. The van der Waals surface area contributed by atoms with Crippen LogP contribution in [-0.2, 0) is 20.1 Å². The standard InChI is InChI=1S/C9H10BN6.2C2H4.Ir/c1-4-11-14(7-1)10(15-8-2-5-12-15)16-9-3-6-13-16;2*1-2;/h1-10H;2*1-2H2;/q-1;;;. The quantitative estimate of drug-likeness (QED) is 0.440. The Hall–Kier alpha value is -2.18. The van der Waals surface area contributed by atoms with Gasteiger partial charge in [-0.2, -0.15) is 0 Å². The van der Waals surface area contributed by atoms with Gasteiger partial charge in [0.25, 0.3) is 0 Å². The minimum Gasteiger partial charge on any atom is -0.403 e. The van der Waals surface area contributed by atoms with Crippen LogP contribution < -0.4 is 0 Å². The molecule has 6 nitrogen and oxygen atoms in total. The second-order valence-corrected chi connectivity index (χ2v) is 3.56. The van der Waals surface area contributed by atoms with E-state index in [1.807, 2.05) is 50.6 Å². The fourth-order valence-corrected chi connectivity index (χ4v) is 1.85. The van der Waals surface area contributed by atoms with E-state index in [0.717, 1.165) is 0 Å². The van der Waals surface area contributed by atoms with E-state index in [4.69, 9.17) is 0 Å². The molecule has 113 valence electrons. The maximum atomic E-state index is 4.26. The van der Waals surface area contributed by atoms with Gasteiger partial charge in [0.05, 0.1) is 0 Å². The van der Waals surface area contributed by atoms with Gasteiger partial charge in [-0.1, -0.05) is 0 Å². The van der Waals surface area contributed by atoms with E-state index in [1.54, 1.807) is 18.6 Å². The monoisotopic (exact) mass is 462 g/mol. The molecule has 0 aliphatic carbocycles. The Bertz CT molecular complexity index is 480. The zero-order valence-electron chi connectivity index (χ0n) is 11.7. The van der Waals surface area contributed by atoms with Crippen molar-refractivity contribution in [3.8, 4) is 0 Å². The summed E-state index contributed by atoms with van der Waals surface area (Å²) in [6, 6.07) is 5.69. The predicted octanol–water partition coefficient (Wildman–Crippen LogP) is 1.54. The molecule has 0 bridgehead atoms. The summed E-state index contributed by atoms with van der Waals surface area (Å²) in [5.41, 5.74) is 0. The van der Waals surface area contributed by atoms with Crippen LogP contribution in [0.25, 0.3) is 0 Å². The molecule has 0 aromatic carbocycles. The number of hydrogen-bond acceptors (Lipinski definition) is 3. The summed E-state index contributed by atoms with van der Waals surface area (Å²) >= 11 is 0. The average molecular weight is 461 g/mol. The summed E-state index contributed by atoms with van der Waals surface area (Å²) in [7, 11) is -1.12. The molecule has 0 atom stereocenters. The smallest absolute Gasteiger partial charge is 0.325 e. The Morgan fingerprint density at radius 1 is 0.619 bits per heavy atom. The first kappa shape index (κ1) is 18.8. The molecular formula is C13H18BIrN6-. The van der Waals surface area contributed by atoms with Crippen LogP contribution in [0.1, 0.15) is 0 Å². The fourth-order valence-electron chi connectivity index (χ4n) is 1.85. The molecule has 3 rings (SSSR count). The SMILES string of the molecule is C=C.C=C.[Ir].c1cnn([BH-](n2cccn2)n2cccn2)c1. The second-order valence-electron chi connectivity index (χ2n) is 3.56. The summed E-state index contributed by atoms with van der Waals surface area (Å²) in [6.45, 7) is 12.0. The van der Waals surface area contributed by atoms with Gasteiger partial charge in [-0.15, -0.1) is 26.3 Å². The van der Waals surface area contributed by atoms with Crippen LogP contribution in [0.5, 0.6) is 0 Å². The summed E-state index contributed by atoms with van der Waals surface area (Å²) in [5.74, 6) is 0.